The Kier molecular flexibility index (Phi) is 4.69. The van der Waals surface area contributed by atoms with Crippen molar-refractivity contribution in [1.82, 2.24) is 5.32 Å². The van der Waals surface area contributed by atoms with Crippen LogP contribution in [0.4, 0.5) is 8.78 Å². The van der Waals surface area contributed by atoms with Crippen molar-refractivity contribution in [2.45, 2.75) is 19.6 Å². The zero-order valence-corrected chi connectivity index (χ0v) is 11.5. The summed E-state index contributed by atoms with van der Waals surface area (Å²) in [7, 11) is 1.88. The van der Waals surface area contributed by atoms with Gasteiger partial charge >= 0.3 is 0 Å². The molecule has 20 heavy (non-hydrogen) atoms. The van der Waals surface area contributed by atoms with E-state index in [2.05, 4.69) is 5.32 Å². The SMILES string of the molecule is CNC(C)c1cccc(OCc2cc(F)ccc2F)c1. The molecule has 2 rings (SSSR count). The normalized spacial score (nSPS) is 12.2. The summed E-state index contributed by atoms with van der Waals surface area (Å²) in [6, 6.07) is 11.1. The van der Waals surface area contributed by atoms with Crippen LogP contribution in [-0.2, 0) is 6.61 Å². The molecule has 2 aromatic carbocycles. The van der Waals surface area contributed by atoms with Gasteiger partial charge in [-0.2, -0.15) is 0 Å². The molecule has 1 atom stereocenters. The third kappa shape index (κ3) is 3.54. The van der Waals surface area contributed by atoms with Gasteiger partial charge in [-0.3, -0.25) is 0 Å². The lowest BCUT2D eigenvalue weighted by molar-refractivity contribution is 0.298. The first-order chi connectivity index (χ1) is 9.60. The molecule has 0 bridgehead atoms. The number of hydrogen-bond acceptors (Lipinski definition) is 2. The number of ether oxygens (including phenoxy) is 1. The summed E-state index contributed by atoms with van der Waals surface area (Å²) in [5.74, 6) is -0.304. The van der Waals surface area contributed by atoms with Gasteiger partial charge in [0.15, 0.2) is 0 Å². The van der Waals surface area contributed by atoms with Gasteiger partial charge in [-0.25, -0.2) is 8.78 Å². The second-order valence-electron chi connectivity index (χ2n) is 4.61. The minimum absolute atomic E-state index is 0.000973. The summed E-state index contributed by atoms with van der Waals surface area (Å²) in [4.78, 5) is 0. The quantitative estimate of drug-likeness (QED) is 0.897. The van der Waals surface area contributed by atoms with Crippen LogP contribution in [0.5, 0.6) is 5.75 Å². The highest BCUT2D eigenvalue weighted by Crippen LogP contribution is 2.20. The minimum Gasteiger partial charge on any atom is -0.489 e. The first-order valence-electron chi connectivity index (χ1n) is 6.44. The van der Waals surface area contributed by atoms with Crippen LogP contribution in [0.1, 0.15) is 24.1 Å². The molecule has 0 aromatic heterocycles. The van der Waals surface area contributed by atoms with Gasteiger partial charge in [0.2, 0.25) is 0 Å². The van der Waals surface area contributed by atoms with Gasteiger partial charge in [-0.05, 0) is 49.9 Å². The molecule has 0 saturated heterocycles. The van der Waals surface area contributed by atoms with Gasteiger partial charge in [-0.15, -0.1) is 0 Å². The Balaban J connectivity index is 2.09. The van der Waals surface area contributed by atoms with Crippen molar-refractivity contribution in [3.8, 4) is 5.75 Å². The average molecular weight is 277 g/mol. The molecule has 0 spiro atoms. The molecule has 106 valence electrons. The summed E-state index contributed by atoms with van der Waals surface area (Å²) in [5, 5.41) is 3.13. The van der Waals surface area contributed by atoms with Gasteiger partial charge in [0, 0.05) is 11.6 Å². The maximum Gasteiger partial charge on any atom is 0.130 e. The van der Waals surface area contributed by atoms with Crippen LogP contribution in [0.2, 0.25) is 0 Å². The van der Waals surface area contributed by atoms with E-state index in [0.717, 1.165) is 23.8 Å². The molecule has 1 unspecified atom stereocenters. The van der Waals surface area contributed by atoms with Crippen molar-refractivity contribution in [1.29, 1.82) is 0 Å². The van der Waals surface area contributed by atoms with E-state index in [4.69, 9.17) is 4.74 Å². The highest BCUT2D eigenvalue weighted by Gasteiger charge is 2.07. The monoisotopic (exact) mass is 277 g/mol. The van der Waals surface area contributed by atoms with E-state index in [-0.39, 0.29) is 18.2 Å². The predicted octanol–water partition coefficient (Wildman–Crippen LogP) is 3.82. The van der Waals surface area contributed by atoms with Crippen molar-refractivity contribution in [2.75, 3.05) is 7.05 Å². The van der Waals surface area contributed by atoms with Crippen molar-refractivity contribution >= 4 is 0 Å². The Hall–Kier alpha value is -1.94. The topological polar surface area (TPSA) is 21.3 Å². The molecule has 0 aliphatic rings. The average Bonchev–Trinajstić information content (AvgIpc) is 2.47. The van der Waals surface area contributed by atoms with Crippen LogP contribution in [0.25, 0.3) is 0 Å². The van der Waals surface area contributed by atoms with Crippen molar-refractivity contribution in [3.05, 3.63) is 65.2 Å². The zero-order chi connectivity index (χ0) is 14.5. The Labute approximate surface area is 117 Å². The third-order valence-corrected chi connectivity index (χ3v) is 3.19. The van der Waals surface area contributed by atoms with Crippen LogP contribution in [0.3, 0.4) is 0 Å². The van der Waals surface area contributed by atoms with Crippen molar-refractivity contribution in [2.24, 2.45) is 0 Å². The number of nitrogens with one attached hydrogen (secondary N) is 1. The van der Waals surface area contributed by atoms with Gasteiger partial charge in [0.25, 0.3) is 0 Å². The first kappa shape index (κ1) is 14.5. The molecule has 4 heteroatoms. The number of rotatable bonds is 5. The van der Waals surface area contributed by atoms with Crippen LogP contribution >= 0.6 is 0 Å². The largest absolute Gasteiger partial charge is 0.489 e. The van der Waals surface area contributed by atoms with Crippen LogP contribution < -0.4 is 10.1 Å². The van der Waals surface area contributed by atoms with E-state index in [1.165, 1.54) is 0 Å². The van der Waals surface area contributed by atoms with Gasteiger partial charge in [0.05, 0.1) is 0 Å². The maximum absolute atomic E-state index is 13.5. The first-order valence-corrected chi connectivity index (χ1v) is 6.44. The molecule has 0 saturated carbocycles. The highest BCUT2D eigenvalue weighted by molar-refractivity contribution is 5.30. The smallest absolute Gasteiger partial charge is 0.130 e. The Morgan fingerprint density at radius 1 is 1.15 bits per heavy atom. The molecule has 0 aliphatic heterocycles. The number of benzene rings is 2. The third-order valence-electron chi connectivity index (χ3n) is 3.19. The molecule has 2 nitrogen and oxygen atoms in total. The predicted molar refractivity (Wildman–Crippen MR) is 74.6 cm³/mol. The van der Waals surface area contributed by atoms with Gasteiger partial charge in [-0.1, -0.05) is 12.1 Å². The van der Waals surface area contributed by atoms with Gasteiger partial charge < -0.3 is 10.1 Å². The molecular weight excluding hydrogens is 260 g/mol. The van der Waals surface area contributed by atoms with Crippen molar-refractivity contribution < 1.29 is 13.5 Å². The summed E-state index contributed by atoms with van der Waals surface area (Å²) in [6.07, 6.45) is 0. The standard InChI is InChI=1S/C16H17F2NO/c1-11(19-2)12-4-3-5-15(9-12)20-10-13-8-14(17)6-7-16(13)18/h3-9,11,19H,10H2,1-2H3. The molecule has 1 N–H and O–H groups in total. The fraction of sp³-hybridized carbons (Fsp3) is 0.250. The Morgan fingerprint density at radius 3 is 2.70 bits per heavy atom. The molecule has 2 aromatic rings. The van der Waals surface area contributed by atoms with Crippen LogP contribution in [0, 0.1) is 11.6 Å². The molecule has 0 fully saturated rings. The lowest BCUT2D eigenvalue weighted by Crippen LogP contribution is -2.12. The van der Waals surface area contributed by atoms with E-state index in [1.807, 2.05) is 32.2 Å². The molecular formula is C16H17F2NO. The van der Waals surface area contributed by atoms with E-state index in [1.54, 1.807) is 6.07 Å². The summed E-state index contributed by atoms with van der Waals surface area (Å²) in [5.41, 5.74) is 1.28. The fourth-order valence-electron chi connectivity index (χ4n) is 1.86. The highest BCUT2D eigenvalue weighted by atomic mass is 19.1. The lowest BCUT2D eigenvalue weighted by Gasteiger charge is -2.13. The zero-order valence-electron chi connectivity index (χ0n) is 11.5. The summed E-state index contributed by atoms with van der Waals surface area (Å²) < 4.78 is 32.1. The van der Waals surface area contributed by atoms with Gasteiger partial charge in [0.1, 0.15) is 24.0 Å². The second-order valence-corrected chi connectivity index (χ2v) is 4.61. The molecule has 0 aliphatic carbocycles. The fourth-order valence-corrected chi connectivity index (χ4v) is 1.86. The van der Waals surface area contributed by atoms with E-state index >= 15 is 0 Å². The molecule has 0 radical (unpaired) electrons. The second kappa shape index (κ2) is 6.48. The molecule has 0 amide bonds. The Bertz CT molecular complexity index is 586. The minimum atomic E-state index is -0.470. The molecule has 0 heterocycles. The van der Waals surface area contributed by atoms with E-state index in [9.17, 15) is 8.78 Å². The maximum atomic E-state index is 13.5. The number of hydrogen-bond donors (Lipinski definition) is 1. The lowest BCUT2D eigenvalue weighted by atomic mass is 10.1. The Morgan fingerprint density at radius 2 is 1.95 bits per heavy atom. The van der Waals surface area contributed by atoms with E-state index < -0.39 is 11.6 Å². The van der Waals surface area contributed by atoms with Crippen molar-refractivity contribution in [3.63, 3.8) is 0 Å². The van der Waals surface area contributed by atoms with Crippen LogP contribution in [-0.4, -0.2) is 7.05 Å². The van der Waals surface area contributed by atoms with E-state index in [0.29, 0.717) is 5.75 Å². The summed E-state index contributed by atoms with van der Waals surface area (Å²) >= 11 is 0. The number of halogens is 2. The summed E-state index contributed by atoms with van der Waals surface area (Å²) in [6.45, 7) is 2.03. The van der Waals surface area contributed by atoms with Crippen LogP contribution in [0.15, 0.2) is 42.5 Å².